The van der Waals surface area contributed by atoms with Crippen molar-refractivity contribution in [3.63, 3.8) is 0 Å². The van der Waals surface area contributed by atoms with Crippen LogP contribution >= 0.6 is 0 Å². The molecule has 0 fully saturated rings. The lowest BCUT2D eigenvalue weighted by atomic mass is 9.97. The van der Waals surface area contributed by atoms with Gasteiger partial charge in [-0.25, -0.2) is 0 Å². The van der Waals surface area contributed by atoms with Gasteiger partial charge in [0.2, 0.25) is 11.7 Å². The second-order valence-electron chi connectivity index (χ2n) is 9.04. The molecule has 4 rings (SSSR count). The molecule has 0 aliphatic carbocycles. The zero-order valence-corrected chi connectivity index (χ0v) is 23.1. The number of ether oxygens (including phenoxy) is 4. The Morgan fingerprint density at radius 1 is 0.900 bits per heavy atom. The number of aromatic nitrogens is 1. The van der Waals surface area contributed by atoms with E-state index in [2.05, 4.69) is 5.32 Å². The normalized spacial score (nSPS) is 11.5. The number of nitrogens with one attached hydrogen (secondary N) is 1. The van der Waals surface area contributed by atoms with E-state index in [1.54, 1.807) is 25.1 Å². The first-order valence-corrected chi connectivity index (χ1v) is 12.8. The van der Waals surface area contributed by atoms with Crippen molar-refractivity contribution in [3.05, 3.63) is 88.2 Å². The van der Waals surface area contributed by atoms with Gasteiger partial charge in [0.25, 0.3) is 5.56 Å². The number of fused-ring (bicyclic) bond motifs is 1. The third-order valence-electron chi connectivity index (χ3n) is 6.60. The molecule has 0 saturated heterocycles. The van der Waals surface area contributed by atoms with Crippen LogP contribution in [0.1, 0.15) is 30.5 Å². The minimum Gasteiger partial charge on any atom is -0.493 e. The van der Waals surface area contributed by atoms with E-state index < -0.39 is 23.5 Å². The summed E-state index contributed by atoms with van der Waals surface area (Å²) in [6, 6.07) is 18.8. The molecular weight excluding hydrogens is 512 g/mol. The van der Waals surface area contributed by atoms with Crippen molar-refractivity contribution in [2.45, 2.75) is 26.3 Å². The number of pyridine rings is 1. The average molecular weight is 545 g/mol. The van der Waals surface area contributed by atoms with E-state index in [1.165, 1.54) is 32.0 Å². The van der Waals surface area contributed by atoms with Gasteiger partial charge in [-0.05, 0) is 18.1 Å². The van der Waals surface area contributed by atoms with Crippen molar-refractivity contribution in [1.29, 1.82) is 0 Å². The second-order valence-corrected chi connectivity index (χ2v) is 9.04. The SMILES string of the molecule is CCC(=O)OCNC(=O)C(c1ccc(C)cc1)n1c(=O)cc(-c2ccccc2)c2c(OC)c(OC)c(OC)cc21. The molecule has 0 saturated carbocycles. The van der Waals surface area contributed by atoms with Gasteiger partial charge in [-0.1, -0.05) is 67.1 Å². The highest BCUT2D eigenvalue weighted by molar-refractivity contribution is 6.03. The van der Waals surface area contributed by atoms with Crippen molar-refractivity contribution < 1.29 is 28.5 Å². The maximum Gasteiger partial charge on any atom is 0.307 e. The van der Waals surface area contributed by atoms with Gasteiger partial charge in [-0.15, -0.1) is 0 Å². The summed E-state index contributed by atoms with van der Waals surface area (Å²) in [6.07, 6.45) is 0.170. The van der Waals surface area contributed by atoms with E-state index >= 15 is 0 Å². The number of aryl methyl sites for hydroxylation is 1. The number of benzene rings is 3. The van der Waals surface area contributed by atoms with E-state index in [-0.39, 0.29) is 13.2 Å². The Bertz CT molecular complexity index is 1580. The minimum absolute atomic E-state index is 0.170. The molecule has 0 aliphatic heterocycles. The highest BCUT2D eigenvalue weighted by Crippen LogP contribution is 2.47. The molecule has 1 unspecified atom stereocenters. The van der Waals surface area contributed by atoms with Gasteiger partial charge in [0.05, 0.1) is 32.2 Å². The van der Waals surface area contributed by atoms with Crippen molar-refractivity contribution in [1.82, 2.24) is 9.88 Å². The lowest BCUT2D eigenvalue weighted by Crippen LogP contribution is -2.39. The number of esters is 1. The summed E-state index contributed by atoms with van der Waals surface area (Å²) in [5.41, 5.74) is 2.91. The quantitative estimate of drug-likeness (QED) is 0.229. The fraction of sp³-hybridized carbons (Fsp3) is 0.258. The number of hydrogen-bond acceptors (Lipinski definition) is 7. The molecule has 1 heterocycles. The molecule has 40 heavy (non-hydrogen) atoms. The van der Waals surface area contributed by atoms with Crippen LogP contribution in [-0.4, -0.2) is 44.5 Å². The molecule has 208 valence electrons. The number of amides is 1. The zero-order chi connectivity index (χ0) is 28.8. The summed E-state index contributed by atoms with van der Waals surface area (Å²) in [5.74, 6) is 0.0400. The number of nitrogens with zero attached hydrogens (tertiary/aromatic N) is 1. The van der Waals surface area contributed by atoms with Crippen LogP contribution in [0.25, 0.3) is 22.0 Å². The highest BCUT2D eigenvalue weighted by atomic mass is 16.5. The monoisotopic (exact) mass is 544 g/mol. The van der Waals surface area contributed by atoms with Crippen LogP contribution in [0.2, 0.25) is 0 Å². The second kappa shape index (κ2) is 12.4. The maximum absolute atomic E-state index is 14.0. The molecule has 1 N–H and O–H groups in total. The molecule has 9 heteroatoms. The number of carbonyl (C=O) groups excluding carboxylic acids is 2. The van der Waals surface area contributed by atoms with Crippen LogP contribution in [0.15, 0.2) is 71.5 Å². The summed E-state index contributed by atoms with van der Waals surface area (Å²) >= 11 is 0. The summed E-state index contributed by atoms with van der Waals surface area (Å²) in [5, 5.41) is 3.21. The van der Waals surface area contributed by atoms with Gasteiger partial charge < -0.3 is 24.3 Å². The molecule has 0 radical (unpaired) electrons. The minimum atomic E-state index is -1.11. The van der Waals surface area contributed by atoms with E-state index in [9.17, 15) is 14.4 Å². The number of methoxy groups -OCH3 is 3. The van der Waals surface area contributed by atoms with Gasteiger partial charge >= 0.3 is 5.97 Å². The molecule has 1 amide bonds. The van der Waals surface area contributed by atoms with Crippen molar-refractivity contribution >= 4 is 22.8 Å². The van der Waals surface area contributed by atoms with Gasteiger partial charge in [0, 0.05) is 24.1 Å². The Morgan fingerprint density at radius 2 is 1.57 bits per heavy atom. The lowest BCUT2D eigenvalue weighted by molar-refractivity contribution is -0.145. The van der Waals surface area contributed by atoms with Crippen LogP contribution in [0.5, 0.6) is 17.2 Å². The molecule has 9 nitrogen and oxygen atoms in total. The smallest absolute Gasteiger partial charge is 0.307 e. The lowest BCUT2D eigenvalue weighted by Gasteiger charge is -2.25. The average Bonchev–Trinajstić information content (AvgIpc) is 2.98. The Balaban J connectivity index is 2.06. The Labute approximate surface area is 232 Å². The zero-order valence-electron chi connectivity index (χ0n) is 23.1. The highest BCUT2D eigenvalue weighted by Gasteiger charge is 2.29. The largest absolute Gasteiger partial charge is 0.493 e. The molecule has 1 aromatic heterocycles. The third-order valence-corrected chi connectivity index (χ3v) is 6.60. The van der Waals surface area contributed by atoms with E-state index in [1.807, 2.05) is 49.4 Å². The van der Waals surface area contributed by atoms with E-state index in [0.717, 1.165) is 11.1 Å². The Kier molecular flexibility index (Phi) is 8.73. The summed E-state index contributed by atoms with van der Waals surface area (Å²) in [7, 11) is 4.50. The molecule has 3 aromatic carbocycles. The van der Waals surface area contributed by atoms with E-state index in [4.69, 9.17) is 18.9 Å². The Morgan fingerprint density at radius 3 is 2.17 bits per heavy atom. The summed E-state index contributed by atoms with van der Waals surface area (Å²) < 4.78 is 23.6. The number of hydrogen-bond donors (Lipinski definition) is 1. The fourth-order valence-corrected chi connectivity index (χ4v) is 4.64. The van der Waals surface area contributed by atoms with Crippen LogP contribution < -0.4 is 25.1 Å². The van der Waals surface area contributed by atoms with Gasteiger partial charge in [0.15, 0.2) is 18.2 Å². The maximum atomic E-state index is 14.0. The molecule has 4 aromatic rings. The molecule has 0 bridgehead atoms. The first-order chi connectivity index (χ1) is 19.3. The predicted molar refractivity (Wildman–Crippen MR) is 152 cm³/mol. The topological polar surface area (TPSA) is 105 Å². The van der Waals surface area contributed by atoms with Crippen molar-refractivity contribution in [2.24, 2.45) is 0 Å². The molecular formula is C31H32N2O7. The van der Waals surface area contributed by atoms with Crippen LogP contribution in [0.4, 0.5) is 0 Å². The fourth-order valence-electron chi connectivity index (χ4n) is 4.64. The van der Waals surface area contributed by atoms with Crippen LogP contribution in [-0.2, 0) is 14.3 Å². The first kappa shape index (κ1) is 28.2. The number of rotatable bonds is 10. The van der Waals surface area contributed by atoms with Crippen LogP contribution in [0.3, 0.4) is 0 Å². The van der Waals surface area contributed by atoms with E-state index in [0.29, 0.717) is 39.3 Å². The summed E-state index contributed by atoms with van der Waals surface area (Å²) in [6.45, 7) is 3.26. The predicted octanol–water partition coefficient (Wildman–Crippen LogP) is 4.62. The van der Waals surface area contributed by atoms with Crippen LogP contribution in [0, 0.1) is 6.92 Å². The standard InChI is InChI=1S/C31H32N2O7/c1-6-26(35)40-18-32-31(36)28(21-14-12-19(2)13-15-21)33-23-17-24(37-3)29(38-4)30(39-5)27(23)22(16-25(33)34)20-10-8-7-9-11-20/h7-17,28H,6,18H2,1-5H3,(H,32,36). The van der Waals surface area contributed by atoms with Gasteiger partial charge in [0.1, 0.15) is 6.04 Å². The third kappa shape index (κ3) is 5.49. The van der Waals surface area contributed by atoms with Crippen molar-refractivity contribution in [2.75, 3.05) is 28.1 Å². The summed E-state index contributed by atoms with van der Waals surface area (Å²) in [4.78, 5) is 39.4. The van der Waals surface area contributed by atoms with Crippen molar-refractivity contribution in [3.8, 4) is 28.4 Å². The first-order valence-electron chi connectivity index (χ1n) is 12.8. The number of carbonyl (C=O) groups is 2. The molecule has 0 aliphatic rings. The molecule has 1 atom stereocenters. The molecule has 0 spiro atoms. The van der Waals surface area contributed by atoms with Gasteiger partial charge in [-0.2, -0.15) is 0 Å². The Hall–Kier alpha value is -4.79. The van der Waals surface area contributed by atoms with Gasteiger partial charge in [-0.3, -0.25) is 19.0 Å².